The molecule has 0 unspecified atom stereocenters. The number of carbonyl (C=O) groups is 1. The number of thiophene rings is 1. The first-order chi connectivity index (χ1) is 10.7. The van der Waals surface area contributed by atoms with Crippen molar-refractivity contribution >= 4 is 33.2 Å². The molecule has 0 N–H and O–H groups in total. The van der Waals surface area contributed by atoms with Gasteiger partial charge in [-0.25, -0.2) is 0 Å². The van der Waals surface area contributed by atoms with E-state index in [0.29, 0.717) is 24.6 Å². The van der Waals surface area contributed by atoms with E-state index >= 15 is 0 Å². The lowest BCUT2D eigenvalue weighted by atomic mass is 10.3. The molecule has 1 amide bonds. The van der Waals surface area contributed by atoms with Crippen molar-refractivity contribution in [3.8, 4) is 11.5 Å². The highest BCUT2D eigenvalue weighted by Crippen LogP contribution is 2.25. The molecule has 0 bridgehead atoms. The summed E-state index contributed by atoms with van der Waals surface area (Å²) in [4.78, 5) is 15.4. The van der Waals surface area contributed by atoms with Crippen molar-refractivity contribution in [2.45, 2.75) is 13.5 Å². The van der Waals surface area contributed by atoms with Gasteiger partial charge >= 0.3 is 0 Å². The van der Waals surface area contributed by atoms with Crippen LogP contribution in [0.4, 0.5) is 0 Å². The molecule has 0 aliphatic carbocycles. The highest BCUT2D eigenvalue weighted by molar-refractivity contribution is 9.11. The zero-order valence-electron chi connectivity index (χ0n) is 11.8. The first kappa shape index (κ1) is 15.1. The molecule has 3 heterocycles. The molecule has 3 aromatic heterocycles. The number of hydrogen-bond donors (Lipinski definition) is 0. The Labute approximate surface area is 139 Å². The number of aromatic nitrogens is 1. The van der Waals surface area contributed by atoms with Crippen molar-refractivity contribution < 1.29 is 13.7 Å². The SMILES string of the molecule is CCN(Cc1ccc(Br)s1)C(=O)c1cc(-c2ccco2)on1. The first-order valence-electron chi connectivity index (χ1n) is 6.71. The average Bonchev–Trinajstić information content (AvgIpc) is 3.24. The lowest BCUT2D eigenvalue weighted by Crippen LogP contribution is -2.30. The molecule has 0 saturated carbocycles. The zero-order valence-corrected chi connectivity index (χ0v) is 14.2. The highest BCUT2D eigenvalue weighted by atomic mass is 79.9. The minimum Gasteiger partial charge on any atom is -0.461 e. The molecule has 114 valence electrons. The Balaban J connectivity index is 1.76. The number of halogens is 1. The third-order valence-corrected chi connectivity index (χ3v) is 4.75. The summed E-state index contributed by atoms with van der Waals surface area (Å²) in [5, 5.41) is 3.86. The Hall–Kier alpha value is -1.86. The molecule has 0 atom stereocenters. The maximum atomic E-state index is 12.5. The molecule has 0 aromatic carbocycles. The summed E-state index contributed by atoms with van der Waals surface area (Å²) in [5.41, 5.74) is 0.281. The van der Waals surface area contributed by atoms with Gasteiger partial charge in [0, 0.05) is 17.5 Å². The predicted octanol–water partition coefficient (Wildman–Crippen LogP) is 4.42. The fourth-order valence-electron chi connectivity index (χ4n) is 2.02. The van der Waals surface area contributed by atoms with Gasteiger partial charge in [-0.05, 0) is 47.1 Å². The molecule has 0 aliphatic rings. The lowest BCUT2D eigenvalue weighted by molar-refractivity contribution is 0.0744. The van der Waals surface area contributed by atoms with Gasteiger partial charge in [0.15, 0.2) is 11.5 Å². The fraction of sp³-hybridized carbons (Fsp3) is 0.200. The van der Waals surface area contributed by atoms with Crippen LogP contribution < -0.4 is 0 Å². The third-order valence-electron chi connectivity index (χ3n) is 3.14. The van der Waals surface area contributed by atoms with Gasteiger partial charge in [-0.15, -0.1) is 11.3 Å². The van der Waals surface area contributed by atoms with E-state index in [-0.39, 0.29) is 11.6 Å². The van der Waals surface area contributed by atoms with Gasteiger partial charge in [0.05, 0.1) is 16.6 Å². The predicted molar refractivity (Wildman–Crippen MR) is 86.6 cm³/mol. The van der Waals surface area contributed by atoms with Crippen LogP contribution in [-0.2, 0) is 6.54 Å². The minimum atomic E-state index is -0.159. The van der Waals surface area contributed by atoms with E-state index in [2.05, 4.69) is 21.1 Å². The fourth-order valence-corrected chi connectivity index (χ4v) is 3.52. The highest BCUT2D eigenvalue weighted by Gasteiger charge is 2.20. The van der Waals surface area contributed by atoms with E-state index in [1.165, 1.54) is 0 Å². The smallest absolute Gasteiger partial charge is 0.276 e. The number of hydrogen-bond acceptors (Lipinski definition) is 5. The zero-order chi connectivity index (χ0) is 15.5. The monoisotopic (exact) mass is 380 g/mol. The van der Waals surface area contributed by atoms with E-state index in [0.717, 1.165) is 8.66 Å². The van der Waals surface area contributed by atoms with Gasteiger partial charge in [-0.3, -0.25) is 4.79 Å². The summed E-state index contributed by atoms with van der Waals surface area (Å²) in [6.07, 6.45) is 1.55. The molecule has 0 radical (unpaired) electrons. The second-order valence-electron chi connectivity index (χ2n) is 4.58. The Morgan fingerprint density at radius 1 is 1.36 bits per heavy atom. The molecule has 5 nitrogen and oxygen atoms in total. The van der Waals surface area contributed by atoms with Crippen LogP contribution in [0.15, 0.2) is 49.3 Å². The Morgan fingerprint density at radius 3 is 2.86 bits per heavy atom. The van der Waals surface area contributed by atoms with Crippen LogP contribution in [0.2, 0.25) is 0 Å². The number of nitrogens with zero attached hydrogens (tertiary/aromatic N) is 2. The van der Waals surface area contributed by atoms with E-state index in [4.69, 9.17) is 8.94 Å². The van der Waals surface area contributed by atoms with Crippen LogP contribution in [-0.4, -0.2) is 22.5 Å². The van der Waals surface area contributed by atoms with E-state index in [1.807, 2.05) is 19.1 Å². The van der Waals surface area contributed by atoms with Gasteiger partial charge in [0.2, 0.25) is 5.76 Å². The normalized spacial score (nSPS) is 10.8. The van der Waals surface area contributed by atoms with Gasteiger partial charge in [0.1, 0.15) is 0 Å². The molecule has 3 aromatic rings. The number of rotatable bonds is 5. The van der Waals surface area contributed by atoms with Crippen molar-refractivity contribution in [3.63, 3.8) is 0 Å². The Morgan fingerprint density at radius 2 is 2.23 bits per heavy atom. The summed E-state index contributed by atoms with van der Waals surface area (Å²) in [7, 11) is 0. The third kappa shape index (κ3) is 3.15. The first-order valence-corrected chi connectivity index (χ1v) is 8.32. The maximum Gasteiger partial charge on any atom is 0.276 e. The molecule has 0 saturated heterocycles. The summed E-state index contributed by atoms with van der Waals surface area (Å²) >= 11 is 5.04. The van der Waals surface area contributed by atoms with Crippen LogP contribution in [0.1, 0.15) is 22.3 Å². The van der Waals surface area contributed by atoms with Gasteiger partial charge < -0.3 is 13.8 Å². The molecule has 0 spiro atoms. The Bertz CT molecular complexity index is 763. The molecular weight excluding hydrogens is 368 g/mol. The van der Waals surface area contributed by atoms with Crippen LogP contribution in [0.25, 0.3) is 11.5 Å². The summed E-state index contributed by atoms with van der Waals surface area (Å²) < 4.78 is 11.5. The number of carbonyl (C=O) groups excluding carboxylic acids is 1. The molecule has 7 heteroatoms. The topological polar surface area (TPSA) is 59.5 Å². The molecular formula is C15H13BrN2O3S. The maximum absolute atomic E-state index is 12.5. The van der Waals surface area contributed by atoms with Crippen LogP contribution >= 0.6 is 27.3 Å². The van der Waals surface area contributed by atoms with E-state index in [1.54, 1.807) is 40.7 Å². The molecule has 0 aliphatic heterocycles. The number of furan rings is 1. The van der Waals surface area contributed by atoms with Gasteiger partial charge in [0.25, 0.3) is 5.91 Å². The van der Waals surface area contributed by atoms with Crippen molar-refractivity contribution in [2.75, 3.05) is 6.54 Å². The van der Waals surface area contributed by atoms with Crippen molar-refractivity contribution in [3.05, 3.63) is 51.0 Å². The van der Waals surface area contributed by atoms with E-state index < -0.39 is 0 Å². The largest absolute Gasteiger partial charge is 0.461 e. The second-order valence-corrected chi connectivity index (χ2v) is 7.13. The number of amides is 1. The summed E-state index contributed by atoms with van der Waals surface area (Å²) in [6.45, 7) is 3.08. The average molecular weight is 381 g/mol. The standard InChI is InChI=1S/C15H13BrN2O3S/c1-2-18(9-10-5-6-14(16)22-10)15(19)11-8-13(21-17-11)12-4-3-7-20-12/h3-8H,2,9H2,1H3. The molecule has 3 rings (SSSR count). The molecule has 0 fully saturated rings. The van der Waals surface area contributed by atoms with Crippen LogP contribution in [0, 0.1) is 0 Å². The lowest BCUT2D eigenvalue weighted by Gasteiger charge is -2.18. The Kier molecular flexibility index (Phi) is 4.44. The van der Waals surface area contributed by atoms with Crippen LogP contribution in [0.3, 0.4) is 0 Å². The van der Waals surface area contributed by atoms with Crippen molar-refractivity contribution in [1.29, 1.82) is 0 Å². The minimum absolute atomic E-state index is 0.159. The van der Waals surface area contributed by atoms with Gasteiger partial charge in [-0.2, -0.15) is 0 Å². The second kappa shape index (κ2) is 6.50. The van der Waals surface area contributed by atoms with Crippen molar-refractivity contribution in [2.24, 2.45) is 0 Å². The van der Waals surface area contributed by atoms with Crippen molar-refractivity contribution in [1.82, 2.24) is 10.1 Å². The summed E-state index contributed by atoms with van der Waals surface area (Å²) in [6, 6.07) is 9.10. The summed E-state index contributed by atoms with van der Waals surface area (Å²) in [5.74, 6) is 0.841. The molecule has 22 heavy (non-hydrogen) atoms. The van der Waals surface area contributed by atoms with Gasteiger partial charge in [-0.1, -0.05) is 5.16 Å². The van der Waals surface area contributed by atoms with Crippen LogP contribution in [0.5, 0.6) is 0 Å². The quantitative estimate of drug-likeness (QED) is 0.657. The van der Waals surface area contributed by atoms with E-state index in [9.17, 15) is 4.79 Å².